The fourth-order valence-corrected chi connectivity index (χ4v) is 2.61. The Labute approximate surface area is 104 Å². The van der Waals surface area contributed by atoms with Gasteiger partial charge < -0.3 is 10.5 Å². The lowest BCUT2D eigenvalue weighted by molar-refractivity contribution is 0.405. The summed E-state index contributed by atoms with van der Waals surface area (Å²) in [6.07, 6.45) is 2.50. The molecule has 2 rings (SSSR count). The highest BCUT2D eigenvalue weighted by Crippen LogP contribution is 2.54. The Balaban J connectivity index is 2.49. The van der Waals surface area contributed by atoms with Crippen molar-refractivity contribution in [1.29, 1.82) is 0 Å². The monoisotopic (exact) mass is 233 g/mol. The molecular formula is C15H23NO. The zero-order valence-corrected chi connectivity index (χ0v) is 11.6. The molecule has 0 amide bonds. The molecule has 2 N–H and O–H groups in total. The van der Waals surface area contributed by atoms with Crippen LogP contribution in [0.25, 0.3) is 0 Å². The van der Waals surface area contributed by atoms with Crippen LogP contribution in [0, 0.1) is 26.2 Å². The second-order valence-electron chi connectivity index (χ2n) is 5.70. The van der Waals surface area contributed by atoms with Crippen molar-refractivity contribution in [1.82, 2.24) is 0 Å². The van der Waals surface area contributed by atoms with Gasteiger partial charge in [-0.25, -0.2) is 0 Å². The Hall–Kier alpha value is -1.02. The van der Waals surface area contributed by atoms with Gasteiger partial charge in [-0.15, -0.1) is 0 Å². The number of benzene rings is 1. The predicted molar refractivity (Wildman–Crippen MR) is 71.5 cm³/mol. The van der Waals surface area contributed by atoms with Crippen molar-refractivity contribution in [2.75, 3.05) is 7.11 Å². The van der Waals surface area contributed by atoms with Crippen molar-refractivity contribution in [3.05, 3.63) is 28.3 Å². The summed E-state index contributed by atoms with van der Waals surface area (Å²) < 4.78 is 5.45. The van der Waals surface area contributed by atoms with E-state index in [4.69, 9.17) is 10.5 Å². The Morgan fingerprint density at radius 1 is 1.24 bits per heavy atom. The van der Waals surface area contributed by atoms with Crippen molar-refractivity contribution >= 4 is 0 Å². The number of aryl methyl sites for hydroxylation is 1. The van der Waals surface area contributed by atoms with Crippen molar-refractivity contribution < 1.29 is 4.74 Å². The molecule has 0 radical (unpaired) electrons. The Bertz CT molecular complexity index is 447. The molecule has 0 bridgehead atoms. The highest BCUT2D eigenvalue weighted by Gasteiger charge is 2.44. The minimum atomic E-state index is 0.158. The van der Waals surface area contributed by atoms with Crippen LogP contribution in [0.15, 0.2) is 6.07 Å². The Morgan fingerprint density at radius 2 is 1.82 bits per heavy atom. The fourth-order valence-electron chi connectivity index (χ4n) is 2.61. The maximum Gasteiger partial charge on any atom is 0.124 e. The van der Waals surface area contributed by atoms with E-state index < -0.39 is 0 Å². The summed E-state index contributed by atoms with van der Waals surface area (Å²) in [4.78, 5) is 0. The molecule has 0 aromatic heterocycles. The molecule has 1 aromatic carbocycles. The van der Waals surface area contributed by atoms with Gasteiger partial charge in [0.1, 0.15) is 5.75 Å². The first-order valence-electron chi connectivity index (χ1n) is 6.31. The van der Waals surface area contributed by atoms with Crippen LogP contribution < -0.4 is 10.5 Å². The summed E-state index contributed by atoms with van der Waals surface area (Å²) in [7, 11) is 1.73. The topological polar surface area (TPSA) is 35.2 Å². The van der Waals surface area contributed by atoms with Crippen LogP contribution in [0.1, 0.15) is 48.1 Å². The van der Waals surface area contributed by atoms with Gasteiger partial charge in [-0.3, -0.25) is 0 Å². The molecule has 1 saturated carbocycles. The number of nitrogens with two attached hydrogens (primary N) is 1. The quantitative estimate of drug-likeness (QED) is 0.868. The summed E-state index contributed by atoms with van der Waals surface area (Å²) in [6.45, 7) is 8.65. The van der Waals surface area contributed by atoms with E-state index in [1.54, 1.807) is 7.11 Å². The first-order valence-corrected chi connectivity index (χ1v) is 6.31. The lowest BCUT2D eigenvalue weighted by Gasteiger charge is -2.24. The van der Waals surface area contributed by atoms with E-state index in [0.29, 0.717) is 5.41 Å². The predicted octanol–water partition coefficient (Wildman–Crippen LogP) is 3.42. The Kier molecular flexibility index (Phi) is 2.94. The highest BCUT2D eigenvalue weighted by atomic mass is 16.5. The minimum Gasteiger partial charge on any atom is -0.496 e. The number of rotatable bonds is 3. The summed E-state index contributed by atoms with van der Waals surface area (Å²) in [5, 5.41) is 0. The van der Waals surface area contributed by atoms with Crippen LogP contribution in [0.5, 0.6) is 5.75 Å². The summed E-state index contributed by atoms with van der Waals surface area (Å²) in [6, 6.07) is 2.36. The summed E-state index contributed by atoms with van der Waals surface area (Å²) in [5.41, 5.74) is 11.7. The third-order valence-corrected chi connectivity index (χ3v) is 4.39. The van der Waals surface area contributed by atoms with Gasteiger partial charge in [-0.2, -0.15) is 0 Å². The normalized spacial score (nSPS) is 18.9. The second kappa shape index (κ2) is 4.02. The van der Waals surface area contributed by atoms with Crippen LogP contribution in [0.3, 0.4) is 0 Å². The first-order chi connectivity index (χ1) is 7.90. The first kappa shape index (κ1) is 12.4. The van der Waals surface area contributed by atoms with Gasteiger partial charge in [-0.05, 0) is 61.3 Å². The average Bonchev–Trinajstić information content (AvgIpc) is 3.03. The molecule has 1 aliphatic carbocycles. The molecule has 1 aromatic rings. The van der Waals surface area contributed by atoms with Gasteiger partial charge in [0.2, 0.25) is 0 Å². The van der Waals surface area contributed by atoms with E-state index in [1.165, 1.54) is 35.1 Å². The van der Waals surface area contributed by atoms with Crippen LogP contribution in [-0.2, 0) is 0 Å². The summed E-state index contributed by atoms with van der Waals surface area (Å²) >= 11 is 0. The lowest BCUT2D eigenvalue weighted by Crippen LogP contribution is -2.21. The number of hydrogen-bond acceptors (Lipinski definition) is 2. The van der Waals surface area contributed by atoms with Gasteiger partial charge in [0, 0.05) is 6.04 Å². The molecule has 1 atom stereocenters. The van der Waals surface area contributed by atoms with Gasteiger partial charge in [0.15, 0.2) is 0 Å². The van der Waals surface area contributed by atoms with Crippen LogP contribution >= 0.6 is 0 Å². The zero-order valence-electron chi connectivity index (χ0n) is 11.6. The molecule has 1 unspecified atom stereocenters. The Morgan fingerprint density at radius 3 is 2.29 bits per heavy atom. The van der Waals surface area contributed by atoms with E-state index in [-0.39, 0.29) is 6.04 Å². The zero-order chi connectivity index (χ0) is 12.8. The molecule has 94 valence electrons. The molecule has 0 aliphatic heterocycles. The molecule has 1 aliphatic rings. The van der Waals surface area contributed by atoms with Gasteiger partial charge >= 0.3 is 0 Å². The van der Waals surface area contributed by atoms with E-state index >= 15 is 0 Å². The number of hydrogen-bond donors (Lipinski definition) is 1. The van der Waals surface area contributed by atoms with Crippen molar-refractivity contribution in [3.63, 3.8) is 0 Å². The van der Waals surface area contributed by atoms with Crippen LogP contribution in [0.2, 0.25) is 0 Å². The van der Waals surface area contributed by atoms with E-state index in [2.05, 4.69) is 33.8 Å². The lowest BCUT2D eigenvalue weighted by atomic mass is 9.86. The van der Waals surface area contributed by atoms with Crippen LogP contribution in [0.4, 0.5) is 0 Å². The molecule has 0 heterocycles. The highest BCUT2D eigenvalue weighted by molar-refractivity contribution is 5.50. The molecule has 2 nitrogen and oxygen atoms in total. The van der Waals surface area contributed by atoms with E-state index in [1.807, 2.05) is 0 Å². The average molecular weight is 233 g/mol. The molecule has 17 heavy (non-hydrogen) atoms. The summed E-state index contributed by atoms with van der Waals surface area (Å²) in [5.74, 6) is 0.999. The van der Waals surface area contributed by atoms with Gasteiger partial charge in [-0.1, -0.05) is 13.0 Å². The van der Waals surface area contributed by atoms with Gasteiger partial charge in [0.05, 0.1) is 7.11 Å². The maximum atomic E-state index is 6.42. The largest absolute Gasteiger partial charge is 0.496 e. The molecule has 1 fully saturated rings. The molecule has 0 saturated heterocycles. The molecule has 0 spiro atoms. The van der Waals surface area contributed by atoms with Gasteiger partial charge in [0.25, 0.3) is 0 Å². The molecular weight excluding hydrogens is 210 g/mol. The smallest absolute Gasteiger partial charge is 0.124 e. The third-order valence-electron chi connectivity index (χ3n) is 4.39. The second-order valence-corrected chi connectivity index (χ2v) is 5.70. The third kappa shape index (κ3) is 1.95. The van der Waals surface area contributed by atoms with E-state index in [0.717, 1.165) is 5.75 Å². The van der Waals surface area contributed by atoms with Crippen molar-refractivity contribution in [2.24, 2.45) is 11.1 Å². The minimum absolute atomic E-state index is 0.158. The SMILES string of the molecule is COc1c(C)cc(C(N)C2(C)CC2)c(C)c1C. The standard InChI is InChI=1S/C15H23NO/c1-9-8-12(14(16)15(4)6-7-15)10(2)11(3)13(9)17-5/h8,14H,6-7,16H2,1-5H3. The number of ether oxygens (including phenoxy) is 1. The van der Waals surface area contributed by atoms with E-state index in [9.17, 15) is 0 Å². The van der Waals surface area contributed by atoms with Crippen molar-refractivity contribution in [2.45, 2.75) is 46.6 Å². The van der Waals surface area contributed by atoms with Crippen LogP contribution in [-0.4, -0.2) is 7.11 Å². The maximum absolute atomic E-state index is 6.42. The molecule has 2 heteroatoms. The van der Waals surface area contributed by atoms with Crippen molar-refractivity contribution in [3.8, 4) is 5.75 Å². The number of methoxy groups -OCH3 is 1. The fraction of sp³-hybridized carbons (Fsp3) is 0.600.